The molecule has 8 heteroatoms. The normalized spacial score (nSPS) is 10.2. The first kappa shape index (κ1) is 12.3. The predicted octanol–water partition coefficient (Wildman–Crippen LogP) is 1.42. The Kier molecular flexibility index (Phi) is 3.42. The van der Waals surface area contributed by atoms with Crippen molar-refractivity contribution in [3.8, 4) is 6.01 Å². The molecule has 7 nitrogen and oxygen atoms in total. The van der Waals surface area contributed by atoms with Crippen molar-refractivity contribution in [2.24, 2.45) is 0 Å². The number of halogens is 1. The Morgan fingerprint density at radius 2 is 2.33 bits per heavy atom. The van der Waals surface area contributed by atoms with Gasteiger partial charge in [0.25, 0.3) is 5.91 Å². The van der Waals surface area contributed by atoms with Gasteiger partial charge >= 0.3 is 6.01 Å². The highest BCUT2D eigenvalue weighted by Crippen LogP contribution is 2.17. The lowest BCUT2D eigenvalue weighted by Crippen LogP contribution is -2.14. The molecule has 0 bridgehead atoms. The number of anilines is 1. The third kappa shape index (κ3) is 2.57. The van der Waals surface area contributed by atoms with E-state index >= 15 is 0 Å². The molecule has 1 amide bonds. The van der Waals surface area contributed by atoms with E-state index in [1.54, 1.807) is 13.0 Å². The van der Waals surface area contributed by atoms with Crippen LogP contribution < -0.4 is 10.1 Å². The van der Waals surface area contributed by atoms with Gasteiger partial charge in [-0.2, -0.15) is 4.98 Å². The zero-order chi connectivity index (χ0) is 13.1. The Labute approximate surface area is 108 Å². The summed E-state index contributed by atoms with van der Waals surface area (Å²) in [6, 6.07) is 1.75. The molecule has 2 rings (SSSR count). The van der Waals surface area contributed by atoms with Crippen LogP contribution in [0.4, 0.5) is 5.95 Å². The van der Waals surface area contributed by atoms with Crippen molar-refractivity contribution in [1.82, 2.24) is 20.2 Å². The van der Waals surface area contributed by atoms with Crippen LogP contribution in [0.25, 0.3) is 0 Å². The van der Waals surface area contributed by atoms with E-state index in [4.69, 9.17) is 16.3 Å². The number of H-pyrrole nitrogens is 1. The molecule has 0 atom stereocenters. The SMILES string of the molecule is COc1n[nH]c(NC(=O)c2cnc(C)cc2Cl)n1. The lowest BCUT2D eigenvalue weighted by Gasteiger charge is -2.03. The van der Waals surface area contributed by atoms with Gasteiger partial charge in [0.15, 0.2) is 0 Å². The van der Waals surface area contributed by atoms with Crippen LogP contribution in [-0.4, -0.2) is 33.2 Å². The first-order valence-electron chi connectivity index (χ1n) is 5.00. The van der Waals surface area contributed by atoms with Gasteiger partial charge in [-0.25, -0.2) is 5.10 Å². The number of ether oxygens (including phenoxy) is 1. The number of aromatic amines is 1. The van der Waals surface area contributed by atoms with Crippen molar-refractivity contribution in [3.63, 3.8) is 0 Å². The Morgan fingerprint density at radius 1 is 1.56 bits per heavy atom. The van der Waals surface area contributed by atoms with Crippen LogP contribution >= 0.6 is 11.6 Å². The van der Waals surface area contributed by atoms with Crippen LogP contribution in [0.2, 0.25) is 5.02 Å². The highest BCUT2D eigenvalue weighted by Gasteiger charge is 2.13. The summed E-state index contributed by atoms with van der Waals surface area (Å²) >= 11 is 5.95. The molecule has 0 aliphatic carbocycles. The quantitative estimate of drug-likeness (QED) is 0.877. The topological polar surface area (TPSA) is 92.8 Å². The van der Waals surface area contributed by atoms with Crippen LogP contribution in [0.15, 0.2) is 12.3 Å². The van der Waals surface area contributed by atoms with Gasteiger partial charge in [-0.3, -0.25) is 15.1 Å². The van der Waals surface area contributed by atoms with Crippen LogP contribution in [-0.2, 0) is 0 Å². The van der Waals surface area contributed by atoms with Crippen LogP contribution in [0.1, 0.15) is 16.1 Å². The van der Waals surface area contributed by atoms with E-state index in [9.17, 15) is 4.79 Å². The highest BCUT2D eigenvalue weighted by atomic mass is 35.5. The summed E-state index contributed by atoms with van der Waals surface area (Å²) in [5.74, 6) is -0.250. The fourth-order valence-electron chi connectivity index (χ4n) is 1.26. The summed E-state index contributed by atoms with van der Waals surface area (Å²) in [5.41, 5.74) is 0.996. The number of amides is 1. The van der Waals surface area contributed by atoms with Crippen molar-refractivity contribution >= 4 is 23.5 Å². The number of pyridine rings is 1. The largest absolute Gasteiger partial charge is 0.466 e. The number of nitrogens with one attached hydrogen (secondary N) is 2. The Balaban J connectivity index is 2.16. The zero-order valence-corrected chi connectivity index (χ0v) is 10.4. The van der Waals surface area contributed by atoms with Gasteiger partial charge in [-0.05, 0) is 13.0 Å². The fraction of sp³-hybridized carbons (Fsp3) is 0.200. The molecule has 18 heavy (non-hydrogen) atoms. The summed E-state index contributed by atoms with van der Waals surface area (Å²) < 4.78 is 4.78. The molecule has 0 aliphatic rings. The molecular weight excluding hydrogens is 258 g/mol. The van der Waals surface area contributed by atoms with Crippen LogP contribution in [0, 0.1) is 6.92 Å². The number of carbonyl (C=O) groups is 1. The minimum absolute atomic E-state index is 0.137. The number of rotatable bonds is 3. The summed E-state index contributed by atoms with van der Waals surface area (Å²) in [6.07, 6.45) is 1.40. The first-order chi connectivity index (χ1) is 8.60. The Morgan fingerprint density at radius 3 is 2.94 bits per heavy atom. The molecule has 2 aromatic rings. The molecule has 0 unspecified atom stereocenters. The van der Waals surface area contributed by atoms with Crippen molar-refractivity contribution in [2.45, 2.75) is 6.92 Å². The van der Waals surface area contributed by atoms with E-state index in [2.05, 4.69) is 25.5 Å². The van der Waals surface area contributed by atoms with Crippen molar-refractivity contribution in [1.29, 1.82) is 0 Å². The molecule has 0 saturated heterocycles. The van der Waals surface area contributed by atoms with E-state index in [1.807, 2.05) is 0 Å². The second-order valence-electron chi connectivity index (χ2n) is 3.43. The standard InChI is InChI=1S/C10H10ClN5O2/c1-5-3-7(11)6(4-12-5)8(17)13-9-14-10(18-2)16-15-9/h3-4H,1-2H3,(H2,13,14,15,16,17). The molecule has 94 valence electrons. The van der Waals surface area contributed by atoms with Gasteiger partial charge in [0.1, 0.15) is 0 Å². The van der Waals surface area contributed by atoms with Gasteiger partial charge in [-0.15, -0.1) is 5.10 Å². The summed E-state index contributed by atoms with van der Waals surface area (Å²) in [5, 5.41) is 9.03. The number of hydrogen-bond donors (Lipinski definition) is 2. The van der Waals surface area contributed by atoms with Gasteiger partial charge in [0.2, 0.25) is 5.95 Å². The second kappa shape index (κ2) is 5.01. The van der Waals surface area contributed by atoms with E-state index in [0.717, 1.165) is 5.69 Å². The number of hydrogen-bond acceptors (Lipinski definition) is 5. The maximum absolute atomic E-state index is 11.9. The number of aromatic nitrogens is 4. The van der Waals surface area contributed by atoms with Crippen LogP contribution in [0.3, 0.4) is 0 Å². The van der Waals surface area contributed by atoms with E-state index < -0.39 is 5.91 Å². The molecule has 2 aromatic heterocycles. The monoisotopic (exact) mass is 267 g/mol. The van der Waals surface area contributed by atoms with Gasteiger partial charge in [0, 0.05) is 11.9 Å². The van der Waals surface area contributed by atoms with Crippen LogP contribution in [0.5, 0.6) is 6.01 Å². The van der Waals surface area contributed by atoms with E-state index in [-0.39, 0.29) is 17.5 Å². The average Bonchev–Trinajstić information content (AvgIpc) is 2.76. The number of carbonyl (C=O) groups excluding carboxylic acids is 1. The lowest BCUT2D eigenvalue weighted by molar-refractivity contribution is 0.102. The number of methoxy groups -OCH3 is 1. The third-order valence-electron chi connectivity index (χ3n) is 2.11. The summed E-state index contributed by atoms with van der Waals surface area (Å²) in [6.45, 7) is 1.79. The third-order valence-corrected chi connectivity index (χ3v) is 2.43. The van der Waals surface area contributed by atoms with Crippen molar-refractivity contribution < 1.29 is 9.53 Å². The highest BCUT2D eigenvalue weighted by molar-refractivity contribution is 6.34. The molecule has 0 fully saturated rings. The first-order valence-corrected chi connectivity index (χ1v) is 5.38. The molecule has 0 aliphatic heterocycles. The molecule has 0 saturated carbocycles. The zero-order valence-electron chi connectivity index (χ0n) is 9.69. The minimum Gasteiger partial charge on any atom is -0.466 e. The Bertz CT molecular complexity index is 583. The smallest absolute Gasteiger partial charge is 0.336 e. The second-order valence-corrected chi connectivity index (χ2v) is 3.84. The van der Waals surface area contributed by atoms with E-state index in [0.29, 0.717) is 5.02 Å². The predicted molar refractivity (Wildman–Crippen MR) is 64.9 cm³/mol. The number of aryl methyl sites for hydroxylation is 1. The van der Waals surface area contributed by atoms with Gasteiger partial charge < -0.3 is 4.74 Å². The van der Waals surface area contributed by atoms with Crippen molar-refractivity contribution in [2.75, 3.05) is 12.4 Å². The average molecular weight is 268 g/mol. The molecular formula is C10H10ClN5O2. The maximum Gasteiger partial charge on any atom is 0.336 e. The molecule has 2 N–H and O–H groups in total. The molecule has 0 radical (unpaired) electrons. The molecule has 0 spiro atoms. The molecule has 0 aromatic carbocycles. The minimum atomic E-state index is -0.425. The van der Waals surface area contributed by atoms with E-state index in [1.165, 1.54) is 13.3 Å². The summed E-state index contributed by atoms with van der Waals surface area (Å²) in [7, 11) is 1.43. The van der Waals surface area contributed by atoms with Crippen molar-refractivity contribution in [3.05, 3.63) is 28.5 Å². The fourth-order valence-corrected chi connectivity index (χ4v) is 1.55. The maximum atomic E-state index is 11.9. The summed E-state index contributed by atoms with van der Waals surface area (Å²) in [4.78, 5) is 19.7. The lowest BCUT2D eigenvalue weighted by atomic mass is 10.2. The Hall–Kier alpha value is -2.15. The molecule has 2 heterocycles. The number of nitrogens with zero attached hydrogens (tertiary/aromatic N) is 3. The van der Waals surface area contributed by atoms with Gasteiger partial charge in [0.05, 0.1) is 17.7 Å². The van der Waals surface area contributed by atoms with Gasteiger partial charge in [-0.1, -0.05) is 11.6 Å².